The van der Waals surface area contributed by atoms with Crippen LogP contribution in [-0.2, 0) is 7.05 Å². The zero-order valence-corrected chi connectivity index (χ0v) is 13.1. The molecule has 2 heterocycles. The highest BCUT2D eigenvalue weighted by Crippen LogP contribution is 2.18. The van der Waals surface area contributed by atoms with E-state index in [-0.39, 0.29) is 23.0 Å². The van der Waals surface area contributed by atoms with Crippen molar-refractivity contribution < 1.29 is 19.1 Å². The summed E-state index contributed by atoms with van der Waals surface area (Å²) in [6.07, 6.45) is 1.18. The number of hydrogen-bond donors (Lipinski definition) is 1. The third-order valence-electron chi connectivity index (χ3n) is 4.13. The first-order chi connectivity index (χ1) is 11.5. The van der Waals surface area contributed by atoms with Gasteiger partial charge >= 0.3 is 5.97 Å². The zero-order valence-electron chi connectivity index (χ0n) is 13.1. The fourth-order valence-corrected chi connectivity index (χ4v) is 2.82. The topological polar surface area (TPSA) is 78.7 Å². The van der Waals surface area contributed by atoms with Crippen molar-refractivity contribution in [2.24, 2.45) is 7.05 Å². The lowest BCUT2D eigenvalue weighted by Gasteiger charge is -2.36. The number of carboxylic acids is 1. The third kappa shape index (κ3) is 2.94. The molecule has 0 atom stereocenters. The molecule has 1 aliphatic heterocycles. The van der Waals surface area contributed by atoms with E-state index in [1.807, 2.05) is 0 Å². The molecule has 0 spiro atoms. The first kappa shape index (κ1) is 16.0. The molecule has 0 radical (unpaired) electrons. The largest absolute Gasteiger partial charge is 0.478 e. The van der Waals surface area contributed by atoms with Crippen LogP contribution in [0.2, 0.25) is 0 Å². The van der Waals surface area contributed by atoms with E-state index in [4.69, 9.17) is 0 Å². The summed E-state index contributed by atoms with van der Waals surface area (Å²) in [5.74, 6) is -1.80. The quantitative estimate of drug-likeness (QED) is 0.914. The number of carboxylic acid groups (broad SMARTS) is 1. The number of carbonyl (C=O) groups is 2. The van der Waals surface area contributed by atoms with Gasteiger partial charge in [-0.3, -0.25) is 9.48 Å². The molecule has 1 aliphatic rings. The van der Waals surface area contributed by atoms with Crippen LogP contribution in [0.5, 0.6) is 0 Å². The highest BCUT2D eigenvalue weighted by atomic mass is 19.1. The van der Waals surface area contributed by atoms with Gasteiger partial charge < -0.3 is 14.9 Å². The lowest BCUT2D eigenvalue weighted by atomic mass is 10.2. The molecule has 8 heteroatoms. The molecule has 2 aromatic rings. The van der Waals surface area contributed by atoms with Gasteiger partial charge in [-0.15, -0.1) is 0 Å². The molecule has 0 bridgehead atoms. The smallest absolute Gasteiger partial charge is 0.339 e. The van der Waals surface area contributed by atoms with Gasteiger partial charge in [0.25, 0.3) is 5.91 Å². The first-order valence-corrected chi connectivity index (χ1v) is 7.52. The van der Waals surface area contributed by atoms with Crippen LogP contribution in [0.4, 0.5) is 10.1 Å². The Bertz CT molecular complexity index is 764. The van der Waals surface area contributed by atoms with E-state index in [9.17, 15) is 19.1 Å². The Balaban J connectivity index is 1.71. The van der Waals surface area contributed by atoms with Gasteiger partial charge in [-0.2, -0.15) is 5.10 Å². The van der Waals surface area contributed by atoms with Gasteiger partial charge in [0, 0.05) is 38.9 Å². The summed E-state index contributed by atoms with van der Waals surface area (Å²) in [6, 6.07) is 6.22. The zero-order chi connectivity index (χ0) is 17.3. The molecule has 0 aliphatic carbocycles. The van der Waals surface area contributed by atoms with Gasteiger partial charge in [-0.1, -0.05) is 0 Å². The van der Waals surface area contributed by atoms with Crippen LogP contribution in [0.25, 0.3) is 0 Å². The highest BCUT2D eigenvalue weighted by molar-refractivity contribution is 6.03. The van der Waals surface area contributed by atoms with Gasteiger partial charge in [0.1, 0.15) is 17.1 Å². The molecule has 1 saturated heterocycles. The Morgan fingerprint density at radius 1 is 1.12 bits per heavy atom. The van der Waals surface area contributed by atoms with Crippen molar-refractivity contribution >= 4 is 17.6 Å². The average Bonchev–Trinajstić information content (AvgIpc) is 2.97. The highest BCUT2D eigenvalue weighted by Gasteiger charge is 2.28. The first-order valence-electron chi connectivity index (χ1n) is 7.52. The Hall–Kier alpha value is -2.90. The minimum absolute atomic E-state index is 0.0812. The molecule has 1 aromatic heterocycles. The number of hydrogen-bond acceptors (Lipinski definition) is 4. The van der Waals surface area contributed by atoms with Crippen molar-refractivity contribution in [3.05, 3.63) is 47.5 Å². The van der Waals surface area contributed by atoms with Gasteiger partial charge in [0.15, 0.2) is 0 Å². The summed E-state index contributed by atoms with van der Waals surface area (Å²) in [4.78, 5) is 27.5. The molecule has 0 unspecified atom stereocenters. The number of rotatable bonds is 3. The van der Waals surface area contributed by atoms with Crippen molar-refractivity contribution in [3.63, 3.8) is 0 Å². The Morgan fingerprint density at radius 2 is 1.75 bits per heavy atom. The Kier molecular flexibility index (Phi) is 4.20. The second-order valence-corrected chi connectivity index (χ2v) is 5.59. The summed E-state index contributed by atoms with van der Waals surface area (Å²) >= 11 is 0. The van der Waals surface area contributed by atoms with Crippen LogP contribution in [0, 0.1) is 5.82 Å². The number of benzene rings is 1. The number of nitrogens with zero attached hydrogens (tertiary/aromatic N) is 4. The molecule has 7 nitrogen and oxygen atoms in total. The van der Waals surface area contributed by atoms with Crippen molar-refractivity contribution in [3.8, 4) is 0 Å². The maximum Gasteiger partial charge on any atom is 0.339 e. The van der Waals surface area contributed by atoms with Gasteiger partial charge in [-0.25, -0.2) is 9.18 Å². The van der Waals surface area contributed by atoms with Crippen LogP contribution in [0.3, 0.4) is 0 Å². The minimum atomic E-state index is -1.17. The van der Waals surface area contributed by atoms with Crippen molar-refractivity contribution in [1.82, 2.24) is 14.7 Å². The number of halogens is 1. The number of aromatic nitrogens is 2. The second-order valence-electron chi connectivity index (χ2n) is 5.59. The van der Waals surface area contributed by atoms with Crippen LogP contribution >= 0.6 is 0 Å². The van der Waals surface area contributed by atoms with E-state index in [0.717, 1.165) is 5.69 Å². The Morgan fingerprint density at radius 3 is 2.33 bits per heavy atom. The molecule has 126 valence electrons. The third-order valence-corrected chi connectivity index (χ3v) is 4.13. The average molecular weight is 332 g/mol. The number of carbonyl (C=O) groups excluding carboxylic acids is 1. The summed E-state index contributed by atoms with van der Waals surface area (Å²) < 4.78 is 14.3. The van der Waals surface area contributed by atoms with Crippen molar-refractivity contribution in [2.45, 2.75) is 0 Å². The molecule has 1 amide bonds. The van der Waals surface area contributed by atoms with Crippen LogP contribution < -0.4 is 4.90 Å². The monoisotopic (exact) mass is 332 g/mol. The number of aryl methyl sites for hydroxylation is 1. The lowest BCUT2D eigenvalue weighted by Crippen LogP contribution is -2.49. The predicted octanol–water partition coefficient (Wildman–Crippen LogP) is 1.22. The normalized spacial score (nSPS) is 14.8. The van der Waals surface area contributed by atoms with E-state index >= 15 is 0 Å². The number of amides is 1. The van der Waals surface area contributed by atoms with E-state index in [0.29, 0.717) is 26.2 Å². The van der Waals surface area contributed by atoms with Crippen LogP contribution in [-0.4, -0.2) is 57.8 Å². The van der Waals surface area contributed by atoms with E-state index in [2.05, 4.69) is 10.00 Å². The fourth-order valence-electron chi connectivity index (χ4n) is 2.82. The standard InChI is InChI=1S/C16H17FN4O3/c1-19-14(13(10-18-19)16(23)24)15(22)21-8-6-20(7-9-21)12-4-2-11(17)3-5-12/h2-5,10H,6-9H2,1H3,(H,23,24). The van der Waals surface area contributed by atoms with E-state index < -0.39 is 5.97 Å². The van der Waals surface area contributed by atoms with Crippen molar-refractivity contribution in [1.29, 1.82) is 0 Å². The van der Waals surface area contributed by atoms with Crippen LogP contribution in [0.15, 0.2) is 30.5 Å². The number of anilines is 1. The summed E-state index contributed by atoms with van der Waals surface area (Å²) in [6.45, 7) is 2.11. The van der Waals surface area contributed by atoms with Crippen LogP contribution in [0.1, 0.15) is 20.8 Å². The van der Waals surface area contributed by atoms with E-state index in [1.54, 1.807) is 24.1 Å². The molecule has 0 saturated carbocycles. The predicted molar refractivity (Wildman–Crippen MR) is 84.7 cm³/mol. The number of aromatic carboxylic acids is 1. The Labute approximate surface area is 137 Å². The fraction of sp³-hybridized carbons (Fsp3) is 0.312. The van der Waals surface area contributed by atoms with E-state index in [1.165, 1.54) is 23.0 Å². The van der Waals surface area contributed by atoms with Gasteiger partial charge in [-0.05, 0) is 24.3 Å². The maximum absolute atomic E-state index is 13.0. The minimum Gasteiger partial charge on any atom is -0.478 e. The van der Waals surface area contributed by atoms with Gasteiger partial charge in [0.2, 0.25) is 0 Å². The summed E-state index contributed by atoms with van der Waals surface area (Å²) in [7, 11) is 1.55. The molecule has 3 rings (SSSR count). The number of piperazine rings is 1. The van der Waals surface area contributed by atoms with Gasteiger partial charge in [0.05, 0.1) is 6.20 Å². The maximum atomic E-state index is 13.0. The molecule has 1 fully saturated rings. The summed E-state index contributed by atoms with van der Waals surface area (Å²) in [5, 5.41) is 13.0. The molecule has 1 N–H and O–H groups in total. The molecular weight excluding hydrogens is 315 g/mol. The SMILES string of the molecule is Cn1ncc(C(=O)O)c1C(=O)N1CCN(c2ccc(F)cc2)CC1. The molecular formula is C16H17FN4O3. The van der Waals surface area contributed by atoms with Crippen molar-refractivity contribution in [2.75, 3.05) is 31.1 Å². The second kappa shape index (κ2) is 6.31. The molecule has 24 heavy (non-hydrogen) atoms. The lowest BCUT2D eigenvalue weighted by molar-refractivity contribution is 0.0669. The summed E-state index contributed by atoms with van der Waals surface area (Å²) in [5.41, 5.74) is 0.886. The molecule has 1 aromatic carbocycles.